The zero-order chi connectivity index (χ0) is 13.4. The predicted molar refractivity (Wildman–Crippen MR) is 71.9 cm³/mol. The van der Waals surface area contributed by atoms with Gasteiger partial charge in [0.1, 0.15) is 5.25 Å². The monoisotopic (exact) mass is 270 g/mol. The fourth-order valence-electron chi connectivity index (χ4n) is 1.51. The fourth-order valence-corrected chi connectivity index (χ4v) is 2.52. The first-order chi connectivity index (χ1) is 8.63. The van der Waals surface area contributed by atoms with Gasteiger partial charge in [-0.2, -0.15) is 0 Å². The van der Waals surface area contributed by atoms with Gasteiger partial charge in [-0.1, -0.05) is 30.3 Å². The van der Waals surface area contributed by atoms with E-state index in [-0.39, 0.29) is 6.61 Å². The number of benzene rings is 1. The lowest BCUT2D eigenvalue weighted by molar-refractivity contribution is -0.136. The van der Waals surface area contributed by atoms with Gasteiger partial charge in [-0.25, -0.2) is 0 Å². The number of ether oxygens (including phenoxy) is 1. The highest BCUT2D eigenvalue weighted by atomic mass is 32.2. The van der Waals surface area contributed by atoms with Crippen LogP contribution >= 0.6 is 11.8 Å². The molecule has 0 aliphatic rings. The molecular formula is C13H18O4S. The summed E-state index contributed by atoms with van der Waals surface area (Å²) in [5.41, 5.74) is 0.985. The molecule has 0 spiro atoms. The number of aliphatic carboxylic acids is 1. The van der Waals surface area contributed by atoms with Crippen molar-refractivity contribution in [3.8, 4) is 0 Å². The molecule has 18 heavy (non-hydrogen) atoms. The average molecular weight is 270 g/mol. The number of carboxylic acid groups (broad SMARTS) is 1. The molecular weight excluding hydrogens is 252 g/mol. The first-order valence-corrected chi connectivity index (χ1v) is 6.73. The van der Waals surface area contributed by atoms with Gasteiger partial charge in [0.05, 0.1) is 12.7 Å². The topological polar surface area (TPSA) is 66.8 Å². The molecule has 0 bridgehead atoms. The smallest absolute Gasteiger partial charge is 0.316 e. The maximum absolute atomic E-state index is 11.1. The van der Waals surface area contributed by atoms with Gasteiger partial charge in [0, 0.05) is 12.9 Å². The van der Waals surface area contributed by atoms with E-state index in [1.54, 1.807) is 0 Å². The highest BCUT2D eigenvalue weighted by Gasteiger charge is 2.20. The molecule has 0 fully saturated rings. The van der Waals surface area contributed by atoms with Gasteiger partial charge in [-0.05, 0) is 12.0 Å². The van der Waals surface area contributed by atoms with E-state index >= 15 is 0 Å². The highest BCUT2D eigenvalue weighted by Crippen LogP contribution is 2.18. The maximum atomic E-state index is 11.1. The predicted octanol–water partition coefficient (Wildman–Crippen LogP) is 1.42. The lowest BCUT2D eigenvalue weighted by atomic mass is 10.1. The molecule has 0 aromatic heterocycles. The Kier molecular flexibility index (Phi) is 6.78. The van der Waals surface area contributed by atoms with E-state index in [4.69, 9.17) is 9.84 Å². The molecule has 2 unspecified atom stereocenters. The molecule has 0 aliphatic heterocycles. The number of hydrogen-bond donors (Lipinski definition) is 2. The number of aliphatic hydroxyl groups is 1. The summed E-state index contributed by atoms with van der Waals surface area (Å²) >= 11 is 1.24. The first-order valence-electron chi connectivity index (χ1n) is 5.68. The van der Waals surface area contributed by atoms with Crippen LogP contribution in [0.2, 0.25) is 0 Å². The van der Waals surface area contributed by atoms with Gasteiger partial charge >= 0.3 is 5.97 Å². The molecule has 2 atom stereocenters. The summed E-state index contributed by atoms with van der Waals surface area (Å²) in [6.07, 6.45) is -0.168. The Labute approximate surface area is 111 Å². The number of aliphatic hydroxyl groups excluding tert-OH is 1. The number of thioether (sulfide) groups is 1. The van der Waals surface area contributed by atoms with E-state index in [2.05, 4.69) is 0 Å². The van der Waals surface area contributed by atoms with Crippen LogP contribution in [0.5, 0.6) is 0 Å². The van der Waals surface area contributed by atoms with E-state index < -0.39 is 17.3 Å². The quantitative estimate of drug-likeness (QED) is 0.748. The highest BCUT2D eigenvalue weighted by molar-refractivity contribution is 8.00. The van der Waals surface area contributed by atoms with Crippen molar-refractivity contribution in [3.05, 3.63) is 35.9 Å². The van der Waals surface area contributed by atoms with Gasteiger partial charge in [0.25, 0.3) is 0 Å². The third-order valence-corrected chi connectivity index (χ3v) is 3.74. The van der Waals surface area contributed by atoms with Crippen molar-refractivity contribution in [1.82, 2.24) is 0 Å². The second kappa shape index (κ2) is 8.13. The minimum absolute atomic E-state index is 0.227. The van der Waals surface area contributed by atoms with Crippen LogP contribution in [0, 0.1) is 0 Å². The van der Waals surface area contributed by atoms with Crippen molar-refractivity contribution in [1.29, 1.82) is 0 Å². The SMILES string of the molecule is COCC(O)CSC(Cc1ccccc1)C(=O)O. The summed E-state index contributed by atoms with van der Waals surface area (Å²) in [4.78, 5) is 11.1. The molecule has 1 rings (SSSR count). The number of rotatable bonds is 8. The summed E-state index contributed by atoms with van der Waals surface area (Å²) in [5.74, 6) is -0.494. The Morgan fingerprint density at radius 3 is 2.61 bits per heavy atom. The van der Waals surface area contributed by atoms with Crippen LogP contribution in [0.4, 0.5) is 0 Å². The van der Waals surface area contributed by atoms with Crippen molar-refractivity contribution in [2.24, 2.45) is 0 Å². The molecule has 100 valence electrons. The third kappa shape index (κ3) is 5.53. The molecule has 0 heterocycles. The summed E-state index contributed by atoms with van der Waals surface area (Å²) < 4.78 is 4.80. The van der Waals surface area contributed by atoms with Crippen LogP contribution in [0.25, 0.3) is 0 Å². The Hall–Kier alpha value is -1.04. The van der Waals surface area contributed by atoms with Crippen LogP contribution in [-0.4, -0.2) is 47.0 Å². The van der Waals surface area contributed by atoms with Gasteiger partial charge < -0.3 is 14.9 Å². The Morgan fingerprint density at radius 1 is 1.39 bits per heavy atom. The summed E-state index contributed by atoms with van der Waals surface area (Å²) in [7, 11) is 1.51. The lowest BCUT2D eigenvalue weighted by Crippen LogP contribution is -2.24. The molecule has 2 N–H and O–H groups in total. The second-order valence-corrected chi connectivity index (χ2v) is 5.19. The third-order valence-electron chi connectivity index (χ3n) is 2.39. The summed E-state index contributed by atoms with van der Waals surface area (Å²) in [6.45, 7) is 0.227. The van der Waals surface area contributed by atoms with Gasteiger partial charge in [0.15, 0.2) is 0 Å². The van der Waals surface area contributed by atoms with Gasteiger partial charge in [-0.15, -0.1) is 11.8 Å². The molecule has 0 saturated heterocycles. The first kappa shape index (κ1) is 15.0. The van der Waals surface area contributed by atoms with E-state index in [0.717, 1.165) is 5.56 Å². The molecule has 0 aliphatic carbocycles. The van der Waals surface area contributed by atoms with Crippen molar-refractivity contribution in [2.45, 2.75) is 17.8 Å². The van der Waals surface area contributed by atoms with E-state index in [1.165, 1.54) is 18.9 Å². The maximum Gasteiger partial charge on any atom is 0.316 e. The molecule has 0 saturated carbocycles. The van der Waals surface area contributed by atoms with Crippen LogP contribution in [-0.2, 0) is 16.0 Å². The molecule has 4 nitrogen and oxygen atoms in total. The lowest BCUT2D eigenvalue weighted by Gasteiger charge is -2.14. The molecule has 5 heteroatoms. The zero-order valence-electron chi connectivity index (χ0n) is 10.3. The Balaban J connectivity index is 2.48. The van der Waals surface area contributed by atoms with Crippen molar-refractivity contribution >= 4 is 17.7 Å². The van der Waals surface area contributed by atoms with Crippen LogP contribution in [0.3, 0.4) is 0 Å². The summed E-state index contributed by atoms with van der Waals surface area (Å²) in [6, 6.07) is 9.48. The number of carbonyl (C=O) groups is 1. The molecule has 0 radical (unpaired) electrons. The second-order valence-electron chi connectivity index (χ2n) is 3.96. The van der Waals surface area contributed by atoms with Crippen LogP contribution in [0.1, 0.15) is 5.56 Å². The minimum atomic E-state index is -0.853. The summed E-state index contributed by atoms with van der Waals surface area (Å²) in [5, 5.41) is 18.1. The average Bonchev–Trinajstić information content (AvgIpc) is 2.35. The fraction of sp³-hybridized carbons (Fsp3) is 0.462. The van der Waals surface area contributed by atoms with Gasteiger partial charge in [-0.3, -0.25) is 4.79 Å². The van der Waals surface area contributed by atoms with Crippen molar-refractivity contribution < 1.29 is 19.7 Å². The molecule has 0 amide bonds. The van der Waals surface area contributed by atoms with Crippen LogP contribution < -0.4 is 0 Å². The largest absolute Gasteiger partial charge is 0.480 e. The van der Waals surface area contributed by atoms with Crippen molar-refractivity contribution in [2.75, 3.05) is 19.5 Å². The van der Waals surface area contributed by atoms with E-state index in [1.807, 2.05) is 30.3 Å². The number of carboxylic acids is 1. The Bertz CT molecular complexity index is 355. The normalized spacial score (nSPS) is 14.1. The minimum Gasteiger partial charge on any atom is -0.480 e. The standard InChI is InChI=1S/C13H18O4S/c1-17-8-11(14)9-18-12(13(15)16)7-10-5-3-2-4-6-10/h2-6,11-12,14H,7-9H2,1H3,(H,15,16). The van der Waals surface area contributed by atoms with E-state index in [9.17, 15) is 9.90 Å². The van der Waals surface area contributed by atoms with Crippen molar-refractivity contribution in [3.63, 3.8) is 0 Å². The Morgan fingerprint density at radius 2 is 2.06 bits per heavy atom. The number of hydrogen-bond acceptors (Lipinski definition) is 4. The van der Waals surface area contributed by atoms with Gasteiger partial charge in [0.2, 0.25) is 0 Å². The van der Waals surface area contributed by atoms with E-state index in [0.29, 0.717) is 12.2 Å². The number of methoxy groups -OCH3 is 1. The zero-order valence-corrected chi connectivity index (χ0v) is 11.1. The molecule has 1 aromatic rings. The van der Waals surface area contributed by atoms with Crippen LogP contribution in [0.15, 0.2) is 30.3 Å². The molecule has 1 aromatic carbocycles.